The molecule has 3 aromatic rings. The third-order valence-electron chi connectivity index (χ3n) is 7.38. The summed E-state index contributed by atoms with van der Waals surface area (Å²) in [7, 11) is 0. The Labute approximate surface area is 183 Å². The number of aromatic amines is 1. The third-order valence-corrected chi connectivity index (χ3v) is 8.25. The Morgan fingerprint density at radius 3 is 2.65 bits per heavy atom. The Balaban J connectivity index is 1.24. The second-order valence-electron chi connectivity index (χ2n) is 9.75. The maximum absolute atomic E-state index is 13.1. The van der Waals surface area contributed by atoms with Crippen LogP contribution in [-0.2, 0) is 16.1 Å². The number of nitrogens with zero attached hydrogens (tertiary/aromatic N) is 1. The summed E-state index contributed by atoms with van der Waals surface area (Å²) in [6, 6.07) is 9.76. The monoisotopic (exact) mass is 436 g/mol. The number of benzene rings is 1. The summed E-state index contributed by atoms with van der Waals surface area (Å²) in [6.45, 7) is -0.0574. The molecule has 2 aromatic heterocycles. The molecule has 0 aliphatic heterocycles. The van der Waals surface area contributed by atoms with Crippen molar-refractivity contribution in [3.63, 3.8) is 0 Å². The van der Waals surface area contributed by atoms with Crippen molar-refractivity contribution in [3.8, 4) is 11.1 Å². The number of H-pyrrole nitrogens is 1. The molecule has 2 unspecified atom stereocenters. The van der Waals surface area contributed by atoms with Crippen LogP contribution in [0.15, 0.2) is 40.5 Å². The van der Waals surface area contributed by atoms with Gasteiger partial charge in [-0.25, -0.2) is 4.98 Å². The number of fused-ring (bicyclic) bond motifs is 1. The molecule has 160 valence electrons. The first-order valence-corrected chi connectivity index (χ1v) is 11.8. The second kappa shape index (κ2) is 6.74. The number of rotatable bonds is 4. The topological polar surface area (TPSA) is 92.3 Å². The lowest BCUT2D eigenvalue weighted by Crippen LogP contribution is -2.58. The predicted octanol–water partition coefficient (Wildman–Crippen LogP) is 4.03. The van der Waals surface area contributed by atoms with Crippen LogP contribution < -0.4 is 5.56 Å². The van der Waals surface area contributed by atoms with E-state index < -0.39 is 11.0 Å². The zero-order chi connectivity index (χ0) is 21.2. The highest BCUT2D eigenvalue weighted by atomic mass is 32.1. The minimum atomic E-state index is -0.709. The molecule has 4 aliphatic rings. The molecular weight excluding hydrogens is 412 g/mol. The molecule has 7 heteroatoms. The Kier molecular flexibility index (Phi) is 4.17. The molecule has 0 saturated heterocycles. The fourth-order valence-corrected chi connectivity index (χ4v) is 7.60. The van der Waals surface area contributed by atoms with Crippen molar-refractivity contribution >= 4 is 27.5 Å². The van der Waals surface area contributed by atoms with Gasteiger partial charge in [-0.1, -0.05) is 30.3 Å². The Bertz CT molecular complexity index is 1220. The predicted molar refractivity (Wildman–Crippen MR) is 118 cm³/mol. The summed E-state index contributed by atoms with van der Waals surface area (Å²) >= 11 is 1.41. The normalized spacial score (nSPS) is 31.3. The number of aliphatic hydroxyl groups is 1. The van der Waals surface area contributed by atoms with Gasteiger partial charge in [0.1, 0.15) is 17.3 Å². The molecule has 2 atom stereocenters. The van der Waals surface area contributed by atoms with Gasteiger partial charge < -0.3 is 14.8 Å². The van der Waals surface area contributed by atoms with E-state index in [1.807, 2.05) is 35.7 Å². The molecule has 31 heavy (non-hydrogen) atoms. The average molecular weight is 437 g/mol. The van der Waals surface area contributed by atoms with E-state index in [2.05, 4.69) is 9.97 Å². The van der Waals surface area contributed by atoms with Crippen LogP contribution >= 0.6 is 11.3 Å². The van der Waals surface area contributed by atoms with Crippen LogP contribution in [-0.4, -0.2) is 26.6 Å². The number of hydrogen-bond acceptors (Lipinski definition) is 6. The molecule has 2 N–H and O–H groups in total. The summed E-state index contributed by atoms with van der Waals surface area (Å²) in [5.41, 5.74) is 0.325. The summed E-state index contributed by atoms with van der Waals surface area (Å²) < 4.78 is 5.68. The second-order valence-corrected chi connectivity index (χ2v) is 10.6. The minimum Gasteiger partial charge on any atom is -0.457 e. The Morgan fingerprint density at radius 1 is 1.19 bits per heavy atom. The van der Waals surface area contributed by atoms with Gasteiger partial charge in [-0.15, -0.1) is 11.3 Å². The highest BCUT2D eigenvalue weighted by molar-refractivity contribution is 7.17. The number of carbonyl (C=O) groups is 1. The maximum Gasteiger partial charge on any atom is 0.312 e. The molecule has 6 nitrogen and oxygen atoms in total. The van der Waals surface area contributed by atoms with Crippen LogP contribution in [0, 0.1) is 17.3 Å². The molecule has 0 spiro atoms. The third kappa shape index (κ3) is 3.13. The fraction of sp³-hybridized carbons (Fsp3) is 0.458. The Morgan fingerprint density at radius 2 is 1.94 bits per heavy atom. The van der Waals surface area contributed by atoms with Crippen molar-refractivity contribution < 1.29 is 14.6 Å². The zero-order valence-corrected chi connectivity index (χ0v) is 17.9. The quantitative estimate of drug-likeness (QED) is 0.603. The van der Waals surface area contributed by atoms with Gasteiger partial charge in [-0.05, 0) is 55.9 Å². The number of hydrogen-bond donors (Lipinski definition) is 2. The SMILES string of the molecule is O=C(OCc1nc2scc(-c3ccccc3)c2c(=O)[nH]1)C12CC3CC(CC(O)(C3)C1)C2. The number of carbonyl (C=O) groups excluding carboxylic acids is 1. The van der Waals surface area contributed by atoms with Gasteiger partial charge in [-0.2, -0.15) is 0 Å². The van der Waals surface area contributed by atoms with Crippen LogP contribution in [0.5, 0.6) is 0 Å². The molecule has 4 saturated carbocycles. The van der Waals surface area contributed by atoms with Gasteiger partial charge in [0, 0.05) is 10.9 Å². The van der Waals surface area contributed by atoms with E-state index in [0.717, 1.165) is 43.2 Å². The highest BCUT2D eigenvalue weighted by Gasteiger charge is 2.60. The summed E-state index contributed by atoms with van der Waals surface area (Å²) in [5, 5.41) is 13.4. The van der Waals surface area contributed by atoms with Crippen LogP contribution in [0.25, 0.3) is 21.3 Å². The van der Waals surface area contributed by atoms with E-state index >= 15 is 0 Å². The standard InChI is InChI=1S/C24H24N2O4S/c27-20-19-17(16-4-2-1-3-5-16)12-31-21(19)26-18(25-20)11-30-22(28)23-7-14-6-15(8-23)10-24(29,9-14)13-23/h1-5,12,14-15,29H,6-11,13H2,(H,25,26,27). The largest absolute Gasteiger partial charge is 0.457 e. The van der Waals surface area contributed by atoms with Crippen LogP contribution in [0.2, 0.25) is 0 Å². The first-order chi connectivity index (χ1) is 14.9. The molecule has 1 aromatic carbocycles. The van der Waals surface area contributed by atoms with Crippen LogP contribution in [0.1, 0.15) is 44.3 Å². The molecular formula is C24H24N2O4S. The molecule has 0 amide bonds. The van der Waals surface area contributed by atoms with Gasteiger partial charge in [-0.3, -0.25) is 9.59 Å². The van der Waals surface area contributed by atoms with Crippen molar-refractivity contribution in [2.24, 2.45) is 17.3 Å². The lowest BCUT2D eigenvalue weighted by atomic mass is 9.48. The molecule has 0 radical (unpaired) electrons. The van der Waals surface area contributed by atoms with Gasteiger partial charge in [0.05, 0.1) is 16.4 Å². The first-order valence-electron chi connectivity index (χ1n) is 10.9. The zero-order valence-electron chi connectivity index (χ0n) is 17.1. The van der Waals surface area contributed by atoms with E-state index in [1.165, 1.54) is 11.3 Å². The van der Waals surface area contributed by atoms with E-state index in [-0.39, 0.29) is 18.1 Å². The highest BCUT2D eigenvalue weighted by Crippen LogP contribution is 2.62. The summed E-state index contributed by atoms with van der Waals surface area (Å²) in [4.78, 5) is 33.9. The van der Waals surface area contributed by atoms with Gasteiger partial charge in [0.2, 0.25) is 0 Å². The van der Waals surface area contributed by atoms with Crippen molar-refractivity contribution in [2.45, 2.75) is 50.7 Å². The number of esters is 1. The lowest BCUT2D eigenvalue weighted by Gasteiger charge is -2.58. The van der Waals surface area contributed by atoms with Crippen molar-refractivity contribution in [2.75, 3.05) is 0 Å². The number of aromatic nitrogens is 2. The summed E-state index contributed by atoms with van der Waals surface area (Å²) in [6.07, 6.45) is 4.85. The number of ether oxygens (including phenoxy) is 1. The van der Waals surface area contributed by atoms with Crippen molar-refractivity contribution in [1.29, 1.82) is 0 Å². The smallest absolute Gasteiger partial charge is 0.312 e. The number of nitrogens with one attached hydrogen (secondary N) is 1. The molecule has 4 fully saturated rings. The molecule has 2 heterocycles. The van der Waals surface area contributed by atoms with E-state index in [1.54, 1.807) is 0 Å². The summed E-state index contributed by atoms with van der Waals surface area (Å²) in [5.74, 6) is 0.931. The van der Waals surface area contributed by atoms with Crippen LogP contribution in [0.3, 0.4) is 0 Å². The van der Waals surface area contributed by atoms with Gasteiger partial charge in [0.15, 0.2) is 0 Å². The van der Waals surface area contributed by atoms with Crippen molar-refractivity contribution in [1.82, 2.24) is 9.97 Å². The number of thiophene rings is 1. The van der Waals surface area contributed by atoms with Gasteiger partial charge >= 0.3 is 5.97 Å². The van der Waals surface area contributed by atoms with E-state index in [9.17, 15) is 14.7 Å². The van der Waals surface area contributed by atoms with Crippen LogP contribution in [0.4, 0.5) is 0 Å². The Hall–Kier alpha value is -2.51. The van der Waals surface area contributed by atoms with E-state index in [4.69, 9.17) is 4.74 Å². The van der Waals surface area contributed by atoms with E-state index in [0.29, 0.717) is 34.3 Å². The van der Waals surface area contributed by atoms with Gasteiger partial charge in [0.25, 0.3) is 5.56 Å². The molecule has 4 aliphatic carbocycles. The minimum absolute atomic E-state index is 0.0574. The van der Waals surface area contributed by atoms with Crippen molar-refractivity contribution in [3.05, 3.63) is 51.9 Å². The fourth-order valence-electron chi connectivity index (χ4n) is 6.63. The average Bonchev–Trinajstić information content (AvgIpc) is 3.15. The molecule has 4 bridgehead atoms. The lowest BCUT2D eigenvalue weighted by molar-refractivity contribution is -0.197. The maximum atomic E-state index is 13.1. The first kappa shape index (κ1) is 19.2. The molecule has 7 rings (SSSR count).